The van der Waals surface area contributed by atoms with Crippen LogP contribution < -0.4 is 0 Å². The largest absolute Gasteiger partial charge is 0.508 e. The zero-order valence-electron chi connectivity index (χ0n) is 13.8. The minimum atomic E-state index is -0.540. The Morgan fingerprint density at radius 3 is 2.29 bits per heavy atom. The number of hydrogen-bond acceptors (Lipinski definition) is 5. The molecule has 2 aromatic rings. The molecule has 6 nitrogen and oxygen atoms in total. The second-order valence-electron chi connectivity index (χ2n) is 5.61. The van der Waals surface area contributed by atoms with E-state index in [0.29, 0.717) is 22.4 Å². The number of ether oxygens (including phenoxy) is 1. The quantitative estimate of drug-likeness (QED) is 0.627. The molecule has 126 valence electrons. The molecular weight excluding hydrogens is 310 g/mol. The van der Waals surface area contributed by atoms with Crippen LogP contribution >= 0.6 is 0 Å². The Kier molecular flexibility index (Phi) is 5.18. The first-order chi connectivity index (χ1) is 11.3. The van der Waals surface area contributed by atoms with Crippen LogP contribution in [0.3, 0.4) is 0 Å². The number of aromatic nitrogens is 1. The van der Waals surface area contributed by atoms with Crippen molar-refractivity contribution in [2.24, 2.45) is 0 Å². The highest BCUT2D eigenvalue weighted by atomic mass is 16.5. The van der Waals surface area contributed by atoms with Crippen molar-refractivity contribution in [1.82, 2.24) is 4.98 Å². The van der Waals surface area contributed by atoms with Crippen LogP contribution in [0.25, 0.3) is 0 Å². The number of carbonyl (C=O) groups is 3. The van der Waals surface area contributed by atoms with Gasteiger partial charge >= 0.3 is 5.97 Å². The molecule has 24 heavy (non-hydrogen) atoms. The van der Waals surface area contributed by atoms with Gasteiger partial charge in [-0.05, 0) is 44.0 Å². The average molecular weight is 329 g/mol. The van der Waals surface area contributed by atoms with Crippen LogP contribution in [0.4, 0.5) is 0 Å². The number of aromatic hydroxyl groups is 1. The molecule has 6 heteroatoms. The van der Waals surface area contributed by atoms with Crippen LogP contribution in [0, 0.1) is 13.8 Å². The molecule has 1 aromatic carbocycles. The smallest absolute Gasteiger partial charge is 0.310 e. The van der Waals surface area contributed by atoms with Crippen LogP contribution in [0.2, 0.25) is 0 Å². The van der Waals surface area contributed by atoms with Gasteiger partial charge in [0.05, 0.1) is 12.1 Å². The molecule has 0 spiro atoms. The lowest BCUT2D eigenvalue weighted by Gasteiger charge is -2.05. The van der Waals surface area contributed by atoms with Gasteiger partial charge < -0.3 is 14.8 Å². The van der Waals surface area contributed by atoms with Crippen molar-refractivity contribution in [3.05, 3.63) is 52.3 Å². The van der Waals surface area contributed by atoms with Gasteiger partial charge in [0.1, 0.15) is 5.75 Å². The molecule has 0 unspecified atom stereocenters. The molecule has 0 amide bonds. The number of phenolic OH excluding ortho intramolecular Hbond substituents is 1. The van der Waals surface area contributed by atoms with E-state index in [1.807, 2.05) is 0 Å². The molecule has 0 atom stereocenters. The predicted molar refractivity (Wildman–Crippen MR) is 87.4 cm³/mol. The van der Waals surface area contributed by atoms with Crippen LogP contribution in [-0.2, 0) is 16.0 Å². The molecule has 0 radical (unpaired) electrons. The molecule has 2 N–H and O–H groups in total. The second kappa shape index (κ2) is 7.12. The first-order valence-electron chi connectivity index (χ1n) is 7.46. The number of esters is 1. The Labute approximate surface area is 139 Å². The van der Waals surface area contributed by atoms with Crippen molar-refractivity contribution < 1.29 is 24.2 Å². The number of benzene rings is 1. The Balaban J connectivity index is 1.98. The Morgan fingerprint density at radius 1 is 1.12 bits per heavy atom. The van der Waals surface area contributed by atoms with Gasteiger partial charge in [-0.1, -0.05) is 12.1 Å². The summed E-state index contributed by atoms with van der Waals surface area (Å²) in [6.07, 6.45) is 0.00892. The summed E-state index contributed by atoms with van der Waals surface area (Å²) in [5.74, 6) is -0.935. The van der Waals surface area contributed by atoms with E-state index in [1.54, 1.807) is 26.0 Å². The highest BCUT2D eigenvalue weighted by Crippen LogP contribution is 2.19. The highest BCUT2D eigenvalue weighted by molar-refractivity contribution is 6.04. The number of rotatable bonds is 6. The minimum absolute atomic E-state index is 0.00892. The number of phenols is 1. The number of ketones is 2. The summed E-state index contributed by atoms with van der Waals surface area (Å²) in [6, 6.07) is 6.16. The van der Waals surface area contributed by atoms with Crippen molar-refractivity contribution in [1.29, 1.82) is 0 Å². The number of Topliss-reactive ketones (excluding diaryl/α,β-unsaturated/α-hetero) is 2. The van der Waals surface area contributed by atoms with Crippen molar-refractivity contribution in [2.45, 2.75) is 27.2 Å². The van der Waals surface area contributed by atoms with E-state index in [9.17, 15) is 19.5 Å². The first-order valence-corrected chi connectivity index (χ1v) is 7.46. The van der Waals surface area contributed by atoms with Gasteiger partial charge in [0, 0.05) is 11.3 Å². The maximum Gasteiger partial charge on any atom is 0.310 e. The summed E-state index contributed by atoms with van der Waals surface area (Å²) in [7, 11) is 0. The number of carbonyl (C=O) groups excluding carboxylic acids is 3. The van der Waals surface area contributed by atoms with Gasteiger partial charge in [-0.15, -0.1) is 0 Å². The lowest BCUT2D eigenvalue weighted by atomic mass is 10.1. The molecule has 2 rings (SSSR count). The van der Waals surface area contributed by atoms with Crippen LogP contribution in [0.5, 0.6) is 5.75 Å². The summed E-state index contributed by atoms with van der Waals surface area (Å²) in [5, 5.41) is 9.19. The zero-order valence-corrected chi connectivity index (χ0v) is 13.8. The molecule has 0 aliphatic heterocycles. The molecular formula is C18H19NO5. The number of hydrogen-bond donors (Lipinski definition) is 2. The number of aromatic amines is 1. The van der Waals surface area contributed by atoms with Gasteiger partial charge in [-0.2, -0.15) is 0 Å². The molecule has 0 saturated heterocycles. The van der Waals surface area contributed by atoms with Crippen LogP contribution in [0.1, 0.15) is 44.6 Å². The molecule has 0 bridgehead atoms. The third kappa shape index (κ3) is 3.90. The molecule has 1 heterocycles. The van der Waals surface area contributed by atoms with E-state index in [4.69, 9.17) is 4.74 Å². The Bertz CT molecular complexity index is 786. The third-order valence-electron chi connectivity index (χ3n) is 3.72. The van der Waals surface area contributed by atoms with E-state index in [0.717, 1.165) is 0 Å². The Hall–Kier alpha value is -2.89. The standard InChI is InChI=1S/C18H19NO5/c1-10-17(12(3)20)11(2)19-18(10)15(22)9-24-16(23)8-13-4-6-14(21)7-5-13/h4-7,19,21H,8-9H2,1-3H3. The van der Waals surface area contributed by atoms with E-state index in [1.165, 1.54) is 19.1 Å². The fourth-order valence-electron chi connectivity index (χ4n) is 2.61. The van der Waals surface area contributed by atoms with E-state index >= 15 is 0 Å². The van der Waals surface area contributed by atoms with Crippen molar-refractivity contribution in [3.63, 3.8) is 0 Å². The number of aryl methyl sites for hydroxylation is 1. The monoisotopic (exact) mass is 329 g/mol. The zero-order chi connectivity index (χ0) is 17.9. The van der Waals surface area contributed by atoms with Gasteiger partial charge in [0.2, 0.25) is 5.78 Å². The van der Waals surface area contributed by atoms with Gasteiger partial charge in [0.25, 0.3) is 0 Å². The number of H-pyrrole nitrogens is 1. The van der Waals surface area contributed by atoms with Crippen molar-refractivity contribution in [3.8, 4) is 5.75 Å². The van der Waals surface area contributed by atoms with Crippen LogP contribution in [0.15, 0.2) is 24.3 Å². The van der Waals surface area contributed by atoms with Crippen LogP contribution in [-0.4, -0.2) is 34.2 Å². The normalized spacial score (nSPS) is 10.5. The summed E-state index contributed by atoms with van der Waals surface area (Å²) in [6.45, 7) is 4.45. The number of nitrogens with one attached hydrogen (secondary N) is 1. The summed E-state index contributed by atoms with van der Waals surface area (Å²) in [4.78, 5) is 38.5. The summed E-state index contributed by atoms with van der Waals surface area (Å²) < 4.78 is 5.00. The third-order valence-corrected chi connectivity index (χ3v) is 3.72. The lowest BCUT2D eigenvalue weighted by Crippen LogP contribution is -2.16. The van der Waals surface area contributed by atoms with Crippen molar-refractivity contribution in [2.75, 3.05) is 6.61 Å². The minimum Gasteiger partial charge on any atom is -0.508 e. The SMILES string of the molecule is CC(=O)c1c(C)[nH]c(C(=O)COC(=O)Cc2ccc(O)cc2)c1C. The predicted octanol–water partition coefficient (Wildman–Crippen LogP) is 2.51. The summed E-state index contributed by atoms with van der Waals surface area (Å²) >= 11 is 0. The maximum absolute atomic E-state index is 12.2. The van der Waals surface area contributed by atoms with E-state index in [-0.39, 0.29) is 29.4 Å². The van der Waals surface area contributed by atoms with Gasteiger partial charge in [0.15, 0.2) is 12.4 Å². The maximum atomic E-state index is 12.2. The average Bonchev–Trinajstić information content (AvgIpc) is 2.82. The molecule has 0 fully saturated rings. The lowest BCUT2D eigenvalue weighted by molar-refractivity contribution is -0.141. The fraction of sp³-hybridized carbons (Fsp3) is 0.278. The molecule has 0 aliphatic rings. The van der Waals surface area contributed by atoms with Gasteiger partial charge in [-0.25, -0.2) is 0 Å². The fourth-order valence-corrected chi connectivity index (χ4v) is 2.61. The Morgan fingerprint density at radius 2 is 1.75 bits per heavy atom. The van der Waals surface area contributed by atoms with Gasteiger partial charge in [-0.3, -0.25) is 14.4 Å². The highest BCUT2D eigenvalue weighted by Gasteiger charge is 2.20. The summed E-state index contributed by atoms with van der Waals surface area (Å²) in [5.41, 5.74) is 2.65. The second-order valence-corrected chi connectivity index (χ2v) is 5.61. The topological polar surface area (TPSA) is 96.5 Å². The molecule has 0 aliphatic carbocycles. The van der Waals surface area contributed by atoms with E-state index in [2.05, 4.69) is 4.98 Å². The molecule has 1 aromatic heterocycles. The van der Waals surface area contributed by atoms with Crippen molar-refractivity contribution >= 4 is 17.5 Å². The first kappa shape index (κ1) is 17.5. The van der Waals surface area contributed by atoms with E-state index < -0.39 is 12.6 Å². The molecule has 0 saturated carbocycles.